The molecule has 6 nitrogen and oxygen atoms in total. The fourth-order valence-electron chi connectivity index (χ4n) is 3.26. The van der Waals surface area contributed by atoms with Gasteiger partial charge in [0, 0.05) is 5.02 Å². The zero-order chi connectivity index (χ0) is 21.1. The fourth-order valence-corrected chi connectivity index (χ4v) is 3.39. The number of hydrogen-bond donors (Lipinski definition) is 1. The number of anilines is 1. The summed E-state index contributed by atoms with van der Waals surface area (Å²) >= 11 is 6.01. The van der Waals surface area contributed by atoms with Gasteiger partial charge in [0.15, 0.2) is 0 Å². The van der Waals surface area contributed by atoms with Crippen LogP contribution in [0.3, 0.4) is 0 Å². The normalized spacial score (nSPS) is 13.9. The molecule has 3 aromatic rings. The lowest BCUT2D eigenvalue weighted by molar-refractivity contribution is -0.137. The highest BCUT2D eigenvalue weighted by Gasteiger charge is 2.39. The molecule has 0 spiro atoms. The van der Waals surface area contributed by atoms with Crippen LogP contribution in [-0.4, -0.2) is 23.3 Å². The third-order valence-corrected chi connectivity index (χ3v) is 4.89. The Morgan fingerprint density at radius 1 is 1.00 bits per heavy atom. The number of carbonyl (C=O) groups is 2. The van der Waals surface area contributed by atoms with Crippen LogP contribution < -0.4 is 10.1 Å². The van der Waals surface area contributed by atoms with Gasteiger partial charge in [0.1, 0.15) is 17.2 Å². The summed E-state index contributed by atoms with van der Waals surface area (Å²) in [5, 5.41) is 3.67. The smallest absolute Gasteiger partial charge is 0.278 e. The van der Waals surface area contributed by atoms with Crippen LogP contribution in [0.1, 0.15) is 18.2 Å². The average Bonchev–Trinajstić information content (AvgIpc) is 3.34. The molecule has 0 fully saturated rings. The number of hydrogen-bond acceptors (Lipinski definition) is 5. The van der Waals surface area contributed by atoms with E-state index in [1.807, 2.05) is 19.1 Å². The van der Waals surface area contributed by atoms with E-state index in [1.54, 1.807) is 48.5 Å². The quantitative estimate of drug-likeness (QED) is 0.557. The van der Waals surface area contributed by atoms with Gasteiger partial charge in [-0.25, -0.2) is 0 Å². The minimum atomic E-state index is -0.437. The minimum Gasteiger partial charge on any atom is -0.492 e. The first-order valence-corrected chi connectivity index (χ1v) is 9.84. The number of benzene rings is 2. The topological polar surface area (TPSA) is 71.8 Å². The van der Waals surface area contributed by atoms with Gasteiger partial charge in [0.05, 0.1) is 30.7 Å². The molecular formula is C23H19ClN2O4. The van der Waals surface area contributed by atoms with Gasteiger partial charge in [-0.2, -0.15) is 0 Å². The van der Waals surface area contributed by atoms with Gasteiger partial charge in [0.2, 0.25) is 0 Å². The number of nitrogens with zero attached hydrogens (tertiary/aromatic N) is 1. The van der Waals surface area contributed by atoms with Crippen molar-refractivity contribution >= 4 is 34.7 Å². The molecule has 2 amide bonds. The molecule has 7 heteroatoms. The van der Waals surface area contributed by atoms with E-state index in [1.165, 1.54) is 6.26 Å². The third-order valence-electron chi connectivity index (χ3n) is 4.64. The monoisotopic (exact) mass is 422 g/mol. The fraction of sp³-hybridized carbons (Fsp3) is 0.130. The predicted molar refractivity (Wildman–Crippen MR) is 114 cm³/mol. The van der Waals surface area contributed by atoms with E-state index in [2.05, 4.69) is 5.32 Å². The molecule has 0 saturated carbocycles. The molecule has 0 saturated heterocycles. The number of ether oxygens (including phenoxy) is 1. The second-order valence-electron chi connectivity index (χ2n) is 6.59. The van der Waals surface area contributed by atoms with Crippen molar-refractivity contribution < 1.29 is 18.7 Å². The molecule has 1 N–H and O–H groups in total. The maximum atomic E-state index is 13.2. The molecule has 152 valence electrons. The zero-order valence-electron chi connectivity index (χ0n) is 16.2. The van der Waals surface area contributed by atoms with Crippen LogP contribution in [-0.2, 0) is 16.1 Å². The van der Waals surface area contributed by atoms with E-state index in [4.69, 9.17) is 20.8 Å². The molecule has 2 aromatic carbocycles. The van der Waals surface area contributed by atoms with Crippen LogP contribution >= 0.6 is 11.6 Å². The summed E-state index contributed by atoms with van der Waals surface area (Å²) in [7, 11) is 0. The lowest BCUT2D eigenvalue weighted by Crippen LogP contribution is -2.31. The van der Waals surface area contributed by atoms with E-state index >= 15 is 0 Å². The average molecular weight is 423 g/mol. The number of imide groups is 1. The van der Waals surface area contributed by atoms with E-state index < -0.39 is 11.8 Å². The van der Waals surface area contributed by atoms with Gasteiger partial charge in [-0.1, -0.05) is 35.9 Å². The van der Waals surface area contributed by atoms with E-state index in [-0.39, 0.29) is 17.8 Å². The Morgan fingerprint density at radius 3 is 2.47 bits per heavy atom. The van der Waals surface area contributed by atoms with Crippen LogP contribution in [0.4, 0.5) is 5.69 Å². The van der Waals surface area contributed by atoms with Crippen molar-refractivity contribution in [1.29, 1.82) is 0 Å². The Kier molecular flexibility index (Phi) is 5.59. The summed E-state index contributed by atoms with van der Waals surface area (Å²) in [6.45, 7) is 2.39. The van der Waals surface area contributed by atoms with Gasteiger partial charge in [-0.05, 0) is 48.9 Å². The molecule has 0 radical (unpaired) electrons. The molecule has 0 atom stereocenters. The Morgan fingerprint density at radius 2 is 1.77 bits per heavy atom. The molecule has 0 unspecified atom stereocenters. The predicted octanol–water partition coefficient (Wildman–Crippen LogP) is 4.72. The van der Waals surface area contributed by atoms with Crippen molar-refractivity contribution in [2.24, 2.45) is 0 Å². The van der Waals surface area contributed by atoms with Gasteiger partial charge in [-0.3, -0.25) is 14.5 Å². The van der Waals surface area contributed by atoms with E-state index in [9.17, 15) is 9.59 Å². The Hall–Kier alpha value is -3.51. The van der Waals surface area contributed by atoms with Gasteiger partial charge < -0.3 is 14.5 Å². The molecular weight excluding hydrogens is 404 g/mol. The molecule has 2 heterocycles. The molecule has 30 heavy (non-hydrogen) atoms. The Labute approximate surface area is 178 Å². The minimum absolute atomic E-state index is 0.0417. The third kappa shape index (κ3) is 3.82. The molecule has 1 aliphatic heterocycles. The lowest BCUT2D eigenvalue weighted by Gasteiger charge is -2.15. The largest absolute Gasteiger partial charge is 0.492 e. The van der Waals surface area contributed by atoms with Crippen molar-refractivity contribution in [3.63, 3.8) is 0 Å². The maximum Gasteiger partial charge on any atom is 0.278 e. The second kappa shape index (κ2) is 8.47. The molecule has 0 aliphatic carbocycles. The highest BCUT2D eigenvalue weighted by molar-refractivity contribution is 6.36. The van der Waals surface area contributed by atoms with Crippen LogP contribution in [0.5, 0.6) is 5.75 Å². The molecule has 0 bridgehead atoms. The van der Waals surface area contributed by atoms with Crippen LogP contribution in [0.15, 0.2) is 77.0 Å². The van der Waals surface area contributed by atoms with Crippen molar-refractivity contribution in [2.45, 2.75) is 13.5 Å². The molecule has 1 aliphatic rings. The van der Waals surface area contributed by atoms with Crippen LogP contribution in [0, 0.1) is 0 Å². The van der Waals surface area contributed by atoms with Crippen molar-refractivity contribution in [1.82, 2.24) is 4.90 Å². The number of rotatable bonds is 7. The van der Waals surface area contributed by atoms with Gasteiger partial charge in [0.25, 0.3) is 11.8 Å². The summed E-state index contributed by atoms with van der Waals surface area (Å²) in [4.78, 5) is 27.6. The summed E-state index contributed by atoms with van der Waals surface area (Å²) in [5.41, 5.74) is 1.65. The van der Waals surface area contributed by atoms with Gasteiger partial charge in [-0.15, -0.1) is 0 Å². The molecule has 1 aromatic heterocycles. The highest BCUT2D eigenvalue weighted by atomic mass is 35.5. The number of halogens is 1. The zero-order valence-corrected chi connectivity index (χ0v) is 17.0. The summed E-state index contributed by atoms with van der Waals surface area (Å²) in [5.74, 6) is 0.263. The Balaban J connectivity index is 1.76. The van der Waals surface area contributed by atoms with E-state index in [0.29, 0.717) is 34.4 Å². The van der Waals surface area contributed by atoms with Crippen molar-refractivity contribution in [3.8, 4) is 5.75 Å². The second-order valence-corrected chi connectivity index (χ2v) is 7.02. The van der Waals surface area contributed by atoms with Crippen molar-refractivity contribution in [2.75, 3.05) is 11.9 Å². The number of furan rings is 1. The number of amides is 2. The van der Waals surface area contributed by atoms with Crippen LogP contribution in [0.25, 0.3) is 5.57 Å². The number of carbonyl (C=O) groups excluding carboxylic acids is 2. The molecule has 4 rings (SSSR count). The highest BCUT2D eigenvalue weighted by Crippen LogP contribution is 2.34. The first kappa shape index (κ1) is 19.8. The standard InChI is InChI=1S/C23H19ClN2O4/c1-2-29-19-8-4-3-7-18(19)25-21-20(15-9-11-16(24)12-10-15)22(27)26(23(21)28)14-17-6-5-13-30-17/h3-13,25H,2,14H2,1H3. The lowest BCUT2D eigenvalue weighted by atomic mass is 10.0. The summed E-state index contributed by atoms with van der Waals surface area (Å²) < 4.78 is 11.0. The van der Waals surface area contributed by atoms with Gasteiger partial charge >= 0.3 is 0 Å². The first-order chi connectivity index (χ1) is 14.6. The Bertz CT molecular complexity index is 1100. The first-order valence-electron chi connectivity index (χ1n) is 9.46. The number of nitrogens with one attached hydrogen (secondary N) is 1. The van der Waals surface area contributed by atoms with Crippen LogP contribution in [0.2, 0.25) is 5.02 Å². The van der Waals surface area contributed by atoms with E-state index in [0.717, 1.165) is 4.90 Å². The SMILES string of the molecule is CCOc1ccccc1NC1=C(c2ccc(Cl)cc2)C(=O)N(Cc2ccco2)C1=O. The van der Waals surface area contributed by atoms with Crippen molar-refractivity contribution in [3.05, 3.63) is 89.0 Å². The maximum absolute atomic E-state index is 13.2. The summed E-state index contributed by atoms with van der Waals surface area (Å²) in [6, 6.07) is 17.5. The summed E-state index contributed by atoms with van der Waals surface area (Å²) in [6.07, 6.45) is 1.51. The number of para-hydroxylation sites is 2.